The van der Waals surface area contributed by atoms with E-state index >= 15 is 0 Å². The summed E-state index contributed by atoms with van der Waals surface area (Å²) in [5.41, 5.74) is 1.21. The molecule has 6 heteroatoms. The highest BCUT2D eigenvalue weighted by molar-refractivity contribution is 5.96. The van der Waals surface area contributed by atoms with E-state index < -0.39 is 0 Å². The minimum Gasteiger partial charge on any atom is -0.361 e. The first-order valence-electron chi connectivity index (χ1n) is 11.0. The van der Waals surface area contributed by atoms with Crippen molar-refractivity contribution in [1.82, 2.24) is 15.4 Å². The Morgan fingerprint density at radius 1 is 1.18 bits per heavy atom. The molecule has 2 saturated carbocycles. The topological polar surface area (TPSA) is 75.4 Å². The maximum absolute atomic E-state index is 12.8. The average Bonchev–Trinajstić information content (AvgIpc) is 3.27. The number of carbonyl (C=O) groups excluding carboxylic acids is 2. The number of likely N-dealkylation sites (tertiary alicyclic amines) is 1. The Morgan fingerprint density at radius 3 is 2.68 bits per heavy atom. The van der Waals surface area contributed by atoms with Crippen LogP contribution < -0.4 is 5.32 Å². The molecule has 1 N–H and O–H groups in total. The van der Waals surface area contributed by atoms with E-state index in [1.165, 1.54) is 32.1 Å². The molecule has 1 aliphatic heterocycles. The number of amides is 2. The van der Waals surface area contributed by atoms with Crippen LogP contribution in [0.15, 0.2) is 4.52 Å². The first-order valence-corrected chi connectivity index (χ1v) is 11.0. The molecule has 0 radical (unpaired) electrons. The second-order valence-electron chi connectivity index (χ2n) is 9.20. The van der Waals surface area contributed by atoms with E-state index in [9.17, 15) is 9.59 Å². The summed E-state index contributed by atoms with van der Waals surface area (Å²) in [5, 5.41) is 7.06. The van der Waals surface area contributed by atoms with Crippen LogP contribution >= 0.6 is 0 Å². The first-order chi connectivity index (χ1) is 13.5. The Labute approximate surface area is 167 Å². The fraction of sp³-hybridized carbons (Fsp3) is 0.773. The highest BCUT2D eigenvalue weighted by atomic mass is 16.5. The van der Waals surface area contributed by atoms with Crippen molar-refractivity contribution >= 4 is 11.8 Å². The van der Waals surface area contributed by atoms with Crippen LogP contribution in [0.5, 0.6) is 0 Å². The third kappa shape index (κ3) is 3.58. The third-order valence-electron chi connectivity index (χ3n) is 7.43. The van der Waals surface area contributed by atoms with Gasteiger partial charge >= 0.3 is 0 Å². The van der Waals surface area contributed by atoms with Crippen LogP contribution in [0.4, 0.5) is 0 Å². The minimum absolute atomic E-state index is 0.0250. The second-order valence-corrected chi connectivity index (χ2v) is 9.20. The fourth-order valence-electron chi connectivity index (χ4n) is 5.89. The lowest BCUT2D eigenvalue weighted by atomic mass is 9.74. The zero-order valence-electron chi connectivity index (χ0n) is 17.3. The average molecular weight is 388 g/mol. The fourth-order valence-corrected chi connectivity index (χ4v) is 5.89. The van der Waals surface area contributed by atoms with Gasteiger partial charge in [0.15, 0.2) is 0 Å². The Kier molecular flexibility index (Phi) is 5.48. The van der Waals surface area contributed by atoms with E-state index in [0.29, 0.717) is 41.8 Å². The van der Waals surface area contributed by atoms with Crippen LogP contribution in [0, 0.1) is 25.2 Å². The lowest BCUT2D eigenvalue weighted by Gasteiger charge is -2.47. The van der Waals surface area contributed by atoms with E-state index in [4.69, 9.17) is 4.52 Å². The Hall–Kier alpha value is -1.85. The van der Waals surface area contributed by atoms with Crippen LogP contribution in [0.25, 0.3) is 0 Å². The number of nitrogens with zero attached hydrogens (tertiary/aromatic N) is 2. The molecule has 0 unspecified atom stereocenters. The number of carbonyl (C=O) groups is 2. The number of hydrogen-bond donors (Lipinski definition) is 1. The highest BCUT2D eigenvalue weighted by Gasteiger charge is 2.50. The van der Waals surface area contributed by atoms with E-state index in [1.54, 1.807) is 13.8 Å². The Balaban J connectivity index is 1.46. The molecule has 2 aliphatic carbocycles. The van der Waals surface area contributed by atoms with Crippen molar-refractivity contribution in [2.24, 2.45) is 11.3 Å². The molecule has 2 amide bonds. The van der Waals surface area contributed by atoms with Crippen LogP contribution in [0.2, 0.25) is 0 Å². The summed E-state index contributed by atoms with van der Waals surface area (Å²) in [5.74, 6) is 1.44. The maximum Gasteiger partial charge on any atom is 0.256 e. The molecule has 2 atom stereocenters. The smallest absolute Gasteiger partial charge is 0.256 e. The molecule has 0 spiro atoms. The minimum atomic E-state index is -0.105. The molecule has 0 bridgehead atoms. The molecule has 1 aromatic rings. The summed E-state index contributed by atoms with van der Waals surface area (Å²) >= 11 is 0. The maximum atomic E-state index is 12.8. The van der Waals surface area contributed by atoms with Crippen molar-refractivity contribution in [3.63, 3.8) is 0 Å². The number of nitrogens with one attached hydrogen (secondary N) is 1. The normalized spacial score (nSPS) is 28.4. The van der Waals surface area contributed by atoms with Gasteiger partial charge in [-0.3, -0.25) is 9.59 Å². The highest BCUT2D eigenvalue weighted by Crippen LogP contribution is 2.48. The van der Waals surface area contributed by atoms with Gasteiger partial charge in [0.05, 0.1) is 5.69 Å². The molecular weight excluding hydrogens is 354 g/mol. The Bertz CT molecular complexity index is 718. The van der Waals surface area contributed by atoms with Crippen molar-refractivity contribution in [3.05, 3.63) is 17.0 Å². The number of aryl methyl sites for hydroxylation is 2. The largest absolute Gasteiger partial charge is 0.361 e. The number of hydrogen-bond acceptors (Lipinski definition) is 4. The van der Waals surface area contributed by atoms with Gasteiger partial charge in [0.2, 0.25) is 5.91 Å². The van der Waals surface area contributed by atoms with Gasteiger partial charge in [-0.2, -0.15) is 0 Å². The molecule has 0 aromatic carbocycles. The Morgan fingerprint density at radius 2 is 1.96 bits per heavy atom. The lowest BCUT2D eigenvalue weighted by Crippen LogP contribution is -2.57. The predicted molar refractivity (Wildman–Crippen MR) is 106 cm³/mol. The number of fused-ring (bicyclic) bond motifs is 1. The standard InChI is InChI=1S/C22H33N3O3/c1-15-20(16(2)28-24-15)21(27)23-14-22-11-6-9-18(22)25(19(26)10-12-22)13-17-7-4-3-5-8-17/h17-18H,3-14H2,1-2H3,(H,23,27)/t18-,22+/m1/s1. The van der Waals surface area contributed by atoms with Crippen molar-refractivity contribution in [3.8, 4) is 0 Å². The molecule has 28 heavy (non-hydrogen) atoms. The van der Waals surface area contributed by atoms with Crippen molar-refractivity contribution in [1.29, 1.82) is 0 Å². The summed E-state index contributed by atoms with van der Waals surface area (Å²) in [7, 11) is 0. The van der Waals surface area contributed by atoms with Crippen molar-refractivity contribution in [2.75, 3.05) is 13.1 Å². The van der Waals surface area contributed by atoms with Gasteiger partial charge in [-0.1, -0.05) is 30.8 Å². The predicted octanol–water partition coefficient (Wildman–Crippen LogP) is 3.76. The third-order valence-corrected chi connectivity index (χ3v) is 7.43. The van der Waals surface area contributed by atoms with E-state index in [-0.39, 0.29) is 17.4 Å². The lowest BCUT2D eigenvalue weighted by molar-refractivity contribution is -0.142. The molecule has 4 rings (SSSR count). The quantitative estimate of drug-likeness (QED) is 0.835. The van der Waals surface area contributed by atoms with Gasteiger partial charge < -0.3 is 14.7 Å². The number of piperidine rings is 1. The van der Waals surface area contributed by atoms with Gasteiger partial charge in [-0.15, -0.1) is 0 Å². The molecule has 6 nitrogen and oxygen atoms in total. The van der Waals surface area contributed by atoms with E-state index in [1.807, 2.05) is 0 Å². The van der Waals surface area contributed by atoms with Gasteiger partial charge in [0, 0.05) is 31.0 Å². The van der Waals surface area contributed by atoms with Crippen LogP contribution in [-0.4, -0.2) is 41.0 Å². The molecule has 2 heterocycles. The summed E-state index contributed by atoms with van der Waals surface area (Å²) in [6.07, 6.45) is 11.3. The number of rotatable bonds is 5. The van der Waals surface area contributed by atoms with Gasteiger partial charge in [-0.25, -0.2) is 0 Å². The molecule has 1 saturated heterocycles. The zero-order chi connectivity index (χ0) is 19.7. The van der Waals surface area contributed by atoms with E-state index in [2.05, 4.69) is 15.4 Å². The van der Waals surface area contributed by atoms with Gasteiger partial charge in [0.25, 0.3) is 5.91 Å². The summed E-state index contributed by atoms with van der Waals surface area (Å²) in [4.78, 5) is 27.7. The van der Waals surface area contributed by atoms with Gasteiger partial charge in [-0.05, 0) is 51.9 Å². The monoisotopic (exact) mass is 387 g/mol. The SMILES string of the molecule is Cc1noc(C)c1C(=O)NC[C@@]12CCC[C@H]1N(CC1CCCCC1)C(=O)CC2. The van der Waals surface area contributed by atoms with Crippen LogP contribution in [0.1, 0.15) is 86.0 Å². The molecule has 154 valence electrons. The van der Waals surface area contributed by atoms with Gasteiger partial charge in [0.1, 0.15) is 11.3 Å². The molecular formula is C22H33N3O3. The zero-order valence-corrected chi connectivity index (χ0v) is 17.3. The summed E-state index contributed by atoms with van der Waals surface area (Å²) in [6, 6.07) is 0.278. The van der Waals surface area contributed by atoms with Crippen LogP contribution in [-0.2, 0) is 4.79 Å². The van der Waals surface area contributed by atoms with Crippen molar-refractivity contribution < 1.29 is 14.1 Å². The summed E-state index contributed by atoms with van der Waals surface area (Å²) < 4.78 is 5.15. The first kappa shape index (κ1) is 19.5. The van der Waals surface area contributed by atoms with Crippen molar-refractivity contribution in [2.45, 2.75) is 84.1 Å². The summed E-state index contributed by atoms with van der Waals surface area (Å²) in [6.45, 7) is 5.13. The number of aromatic nitrogens is 1. The molecule has 3 aliphatic rings. The molecule has 1 aromatic heterocycles. The van der Waals surface area contributed by atoms with E-state index in [0.717, 1.165) is 32.2 Å². The molecule has 3 fully saturated rings. The second kappa shape index (κ2) is 7.88. The van der Waals surface area contributed by atoms with Crippen LogP contribution in [0.3, 0.4) is 0 Å².